The van der Waals surface area contributed by atoms with Gasteiger partial charge in [-0.25, -0.2) is 0 Å². The molecule has 1 saturated heterocycles. The SMILES string of the molecule is C[CH2][Al]1[CH2]CC23c4c5c6c7c8c9c(c%10c%11c2c2c4c4c%12c5c5c6c6c8c8c%13c9c9c%10c%10c%11c%11c2c2c4c4c%12c%12c5c5c6c8c6c8c%13c9c9c%10c%10c%11c2c2c4c4c%12c5c6c5c8c9c%10c2c45)[C]713. The third kappa shape index (κ3) is 1.19. The van der Waals surface area contributed by atoms with Gasteiger partial charge < -0.3 is 0 Å². The molecule has 0 nitrogen and oxygen atoms in total. The summed E-state index contributed by atoms with van der Waals surface area (Å²) < 4.78 is 0.104. The Balaban J connectivity index is 1.28. The first-order valence-electron chi connectivity index (χ1n) is 25.2. The molecular weight excluding hydrogens is 796 g/mol. The highest BCUT2D eigenvalue weighted by Crippen LogP contribution is 2.86. The average molecular weight is 805 g/mol. The monoisotopic (exact) mass is 804 g/mol. The third-order valence-electron chi connectivity index (χ3n) is 25.5. The molecule has 28 aromatic rings. The van der Waals surface area contributed by atoms with Gasteiger partial charge in [-0.2, -0.15) is 0 Å². The topological polar surface area (TPSA) is 0 Å². The lowest BCUT2D eigenvalue weighted by molar-refractivity contribution is 0.442. The Morgan fingerprint density at radius 2 is 0.385 bits per heavy atom. The zero-order chi connectivity index (χ0) is 38.2. The van der Waals surface area contributed by atoms with Crippen molar-refractivity contribution in [2.45, 2.75) is 33.6 Å². The summed E-state index contributed by atoms with van der Waals surface area (Å²) in [6.07, 6.45) is 1.37. The van der Waals surface area contributed by atoms with Gasteiger partial charge in [0.15, 0.2) is 0 Å². The molecule has 5 aliphatic rings. The van der Waals surface area contributed by atoms with Crippen LogP contribution in [0.2, 0.25) is 10.6 Å². The van der Waals surface area contributed by atoms with E-state index in [4.69, 9.17) is 0 Å². The Morgan fingerprint density at radius 1 is 0.231 bits per heavy atom. The van der Waals surface area contributed by atoms with Crippen molar-refractivity contribution < 1.29 is 0 Å². The predicted octanol–water partition coefficient (Wildman–Crippen LogP) is 17.8. The van der Waals surface area contributed by atoms with Crippen LogP contribution in [-0.4, -0.2) is 14.1 Å². The number of hydrogen-bond donors (Lipinski definition) is 0. The minimum Gasteiger partial charge on any atom is -0.0957 e. The lowest BCUT2D eigenvalue weighted by Gasteiger charge is -2.53. The van der Waals surface area contributed by atoms with Gasteiger partial charge in [-0.3, -0.25) is 0 Å². The Morgan fingerprint density at radius 3 is 0.554 bits per heavy atom. The molecule has 4 aliphatic carbocycles. The van der Waals surface area contributed by atoms with Crippen molar-refractivity contribution in [1.82, 2.24) is 0 Å². The van der Waals surface area contributed by atoms with Gasteiger partial charge >= 0.3 is 0 Å². The van der Waals surface area contributed by atoms with E-state index in [2.05, 4.69) is 6.92 Å². The van der Waals surface area contributed by atoms with Gasteiger partial charge in [0.2, 0.25) is 0 Å². The van der Waals surface area contributed by atoms with Gasteiger partial charge in [-0.1, -0.05) is 23.9 Å². The number of rotatable bonds is 1. The zero-order valence-corrected chi connectivity index (χ0v) is 34.9. The third-order valence-corrected chi connectivity index (χ3v) is 29.8. The summed E-state index contributed by atoms with van der Waals surface area (Å²) in [7, 11) is 0. The van der Waals surface area contributed by atoms with Gasteiger partial charge in [0.1, 0.15) is 0 Å². The van der Waals surface area contributed by atoms with Crippen molar-refractivity contribution in [1.29, 1.82) is 0 Å². The molecule has 0 N–H and O–H groups in total. The highest BCUT2D eigenvalue weighted by atomic mass is 27.2. The summed E-state index contributed by atoms with van der Waals surface area (Å²) in [4.78, 5) is 0. The van der Waals surface area contributed by atoms with Crippen LogP contribution < -0.4 is 0 Å². The molecule has 0 radical (unpaired) electrons. The quantitative estimate of drug-likeness (QED) is 0.115. The van der Waals surface area contributed by atoms with E-state index in [1.807, 2.05) is 22.3 Å². The lowest BCUT2D eigenvalue weighted by atomic mass is 9.56. The molecule has 28 aromatic carbocycles. The van der Waals surface area contributed by atoms with Crippen LogP contribution in [0.5, 0.6) is 0 Å². The molecule has 1 aliphatic heterocycles. The minimum absolute atomic E-state index is 0.0330. The van der Waals surface area contributed by atoms with Crippen LogP contribution in [0, 0.1) is 0 Å². The molecule has 0 unspecified atom stereocenters. The first-order chi connectivity index (χ1) is 32.4. The number of hydrogen-bond acceptors (Lipinski definition) is 0. The maximum absolute atomic E-state index is 2.68. The van der Waals surface area contributed by atoms with Crippen LogP contribution in [-0.2, 0) is 9.69 Å². The normalized spacial score (nSPS) is 23.5. The van der Waals surface area contributed by atoms with E-state index in [-0.39, 0.29) is 9.69 Å². The van der Waals surface area contributed by atoms with Gasteiger partial charge in [0.25, 0.3) is 14.1 Å². The molecule has 2 spiro atoms. The molecular formula is C64H9Al. The Hall–Kier alpha value is -7.01. The standard InChI is InChI=1S/C62H4.C2H5.Al/c1-2-62-59-55-49-35-27-19-7-4-3-5-8(7)20-22-18-12(5)14-10-6(3)9-13-11(4)17-21(19)33(35)41-39-25(17)23(13)31-29-15(9)16(10)30-32-24(14)26(18)40-42-34(22)36(28(20)27)50(49)56(59)52(42)54-46(40)44(32)48-38(30)37(29)47-43(31)45(39)53(51(41)55)60(62)57(47)58(48)61(54)62;1-2;/h1-2H2;1H2,2H3;. The van der Waals surface area contributed by atoms with E-state index in [1.54, 1.807) is 291 Å². The molecule has 1 fully saturated rings. The summed E-state index contributed by atoms with van der Waals surface area (Å²) in [5, 5.41) is 96.1. The molecule has 268 valence electrons. The largest absolute Gasteiger partial charge is 0.285 e. The van der Waals surface area contributed by atoms with Crippen molar-refractivity contribution in [3.8, 4) is 0 Å². The maximum Gasteiger partial charge on any atom is 0.285 e. The average Bonchev–Trinajstić information content (AvgIpc) is 4.14. The smallest absolute Gasteiger partial charge is 0.0957 e. The van der Waals surface area contributed by atoms with Crippen LogP contribution in [0.3, 0.4) is 0 Å². The highest BCUT2D eigenvalue weighted by Gasteiger charge is 2.74. The van der Waals surface area contributed by atoms with Crippen molar-refractivity contribution >= 4 is 305 Å². The van der Waals surface area contributed by atoms with Crippen LogP contribution in [0.25, 0.3) is 291 Å². The van der Waals surface area contributed by atoms with Crippen LogP contribution in [0.1, 0.15) is 35.6 Å². The van der Waals surface area contributed by atoms with Crippen molar-refractivity contribution in [2.24, 2.45) is 0 Å². The number of benzene rings is 18. The second-order valence-corrected chi connectivity index (χ2v) is 28.8. The first kappa shape index (κ1) is 23.8. The van der Waals surface area contributed by atoms with E-state index in [0.29, 0.717) is 0 Å². The van der Waals surface area contributed by atoms with E-state index in [9.17, 15) is 0 Å². The summed E-state index contributed by atoms with van der Waals surface area (Å²) in [5.41, 5.74) is 7.70. The zero-order valence-electron chi connectivity index (χ0n) is 33.7. The molecule has 1 heterocycles. The van der Waals surface area contributed by atoms with Gasteiger partial charge in [-0.05, 0) is 317 Å². The van der Waals surface area contributed by atoms with Gasteiger partial charge in [0.05, 0.1) is 0 Å². The molecule has 33 rings (SSSR count). The Bertz CT molecular complexity index is 6790. The van der Waals surface area contributed by atoms with Crippen molar-refractivity contribution in [3.63, 3.8) is 0 Å². The summed E-state index contributed by atoms with van der Waals surface area (Å²) in [6.45, 7) is 2.68. The van der Waals surface area contributed by atoms with E-state index in [0.717, 1.165) is 0 Å². The van der Waals surface area contributed by atoms with E-state index >= 15 is 0 Å². The second-order valence-electron chi connectivity index (χ2n) is 25.1. The van der Waals surface area contributed by atoms with Gasteiger partial charge in [0, 0.05) is 5.41 Å². The van der Waals surface area contributed by atoms with Crippen LogP contribution in [0.4, 0.5) is 0 Å². The maximum atomic E-state index is 2.68. The summed E-state index contributed by atoms with van der Waals surface area (Å²) in [6, 6.07) is 0. The first-order valence-corrected chi connectivity index (χ1v) is 27.4. The van der Waals surface area contributed by atoms with Crippen molar-refractivity contribution in [3.05, 3.63) is 22.3 Å². The molecule has 0 atom stereocenters. The predicted molar refractivity (Wildman–Crippen MR) is 280 cm³/mol. The molecule has 65 heavy (non-hydrogen) atoms. The van der Waals surface area contributed by atoms with Crippen molar-refractivity contribution in [2.75, 3.05) is 0 Å². The Labute approximate surface area is 358 Å². The molecule has 0 aromatic heterocycles. The highest BCUT2D eigenvalue weighted by molar-refractivity contribution is 6.83. The second kappa shape index (κ2) is 5.22. The van der Waals surface area contributed by atoms with Gasteiger partial charge in [-0.15, -0.1) is 0 Å². The fourth-order valence-electron chi connectivity index (χ4n) is 25.8. The molecule has 0 saturated carbocycles. The summed E-state index contributed by atoms with van der Waals surface area (Å²) in [5.74, 6) is 0. The minimum atomic E-state index is -1.47. The van der Waals surface area contributed by atoms with E-state index in [1.165, 1.54) is 17.0 Å². The molecule has 0 amide bonds. The molecule has 1 heteroatoms. The Kier molecular flexibility index (Phi) is 1.91. The fraction of sp³-hybridized carbons (Fsp3) is 0.0938. The fourth-order valence-corrected chi connectivity index (χ4v) is 30.5. The summed E-state index contributed by atoms with van der Waals surface area (Å²) >= 11 is -1.47. The lowest BCUT2D eigenvalue weighted by Crippen LogP contribution is -2.54. The van der Waals surface area contributed by atoms with Crippen LogP contribution in [0.15, 0.2) is 0 Å². The van der Waals surface area contributed by atoms with E-state index < -0.39 is 14.1 Å². The molecule has 0 bridgehead atoms. The van der Waals surface area contributed by atoms with Crippen LogP contribution >= 0.6 is 0 Å².